The molecule has 2 nitrogen and oxygen atoms in total. The summed E-state index contributed by atoms with van der Waals surface area (Å²) in [6.45, 7) is 0. The van der Waals surface area contributed by atoms with Crippen LogP contribution in [0, 0.1) is 0 Å². The average Bonchev–Trinajstić information content (AvgIpc) is 2.81. The molecule has 110 valence electrons. The number of hydrogen-bond donors (Lipinski definition) is 1. The van der Waals surface area contributed by atoms with E-state index in [0.29, 0.717) is 9.21 Å². The van der Waals surface area contributed by atoms with E-state index < -0.39 is 17.7 Å². The van der Waals surface area contributed by atoms with E-state index >= 15 is 0 Å². The first-order chi connectivity index (χ1) is 9.79. The van der Waals surface area contributed by atoms with Crippen LogP contribution in [0.1, 0.15) is 16.0 Å². The van der Waals surface area contributed by atoms with Crippen molar-refractivity contribution in [3.8, 4) is 0 Å². The third-order valence-corrected chi connectivity index (χ3v) is 3.90. The zero-order chi connectivity index (χ0) is 15.6. The zero-order valence-electron chi connectivity index (χ0n) is 10.3. The summed E-state index contributed by atoms with van der Waals surface area (Å²) in [6.07, 6.45) is -3.54. The minimum atomic E-state index is -4.55. The van der Waals surface area contributed by atoms with Crippen LogP contribution in [-0.2, 0) is 11.0 Å². The van der Waals surface area contributed by atoms with Gasteiger partial charge in [0.05, 0.1) is 15.5 Å². The molecule has 1 N–H and O–H groups in total. The van der Waals surface area contributed by atoms with Crippen molar-refractivity contribution in [1.29, 1.82) is 0 Å². The molecule has 0 fully saturated rings. The largest absolute Gasteiger partial charge is 0.478 e. The maximum atomic E-state index is 12.9. The van der Waals surface area contributed by atoms with Crippen LogP contribution in [0.4, 0.5) is 13.2 Å². The number of halogens is 4. The Bertz CT molecular complexity index is 704. The molecule has 21 heavy (non-hydrogen) atoms. The van der Waals surface area contributed by atoms with Gasteiger partial charge >= 0.3 is 12.1 Å². The number of benzene rings is 1. The van der Waals surface area contributed by atoms with Crippen molar-refractivity contribution in [2.45, 2.75) is 6.18 Å². The van der Waals surface area contributed by atoms with E-state index in [4.69, 9.17) is 11.6 Å². The summed E-state index contributed by atoms with van der Waals surface area (Å²) in [5.74, 6) is -1.31. The van der Waals surface area contributed by atoms with E-state index in [0.717, 1.165) is 23.5 Å². The molecule has 0 unspecified atom stereocenters. The number of thiophene rings is 1. The second kappa shape index (κ2) is 5.91. The Labute approximate surface area is 127 Å². The van der Waals surface area contributed by atoms with Crippen LogP contribution in [0.15, 0.2) is 36.4 Å². The van der Waals surface area contributed by atoms with Gasteiger partial charge in [-0.2, -0.15) is 13.2 Å². The van der Waals surface area contributed by atoms with Crippen LogP contribution in [0.5, 0.6) is 0 Å². The molecule has 1 heterocycles. The molecule has 0 saturated heterocycles. The molecule has 1 aromatic carbocycles. The van der Waals surface area contributed by atoms with Gasteiger partial charge in [0.1, 0.15) is 0 Å². The highest BCUT2D eigenvalue weighted by Crippen LogP contribution is 2.35. The van der Waals surface area contributed by atoms with E-state index in [1.54, 1.807) is 0 Å². The normalized spacial score (nSPS) is 12.5. The second-order valence-electron chi connectivity index (χ2n) is 4.05. The molecule has 2 aromatic rings. The summed E-state index contributed by atoms with van der Waals surface area (Å²) in [7, 11) is 0. The number of rotatable bonds is 3. The van der Waals surface area contributed by atoms with Gasteiger partial charge in [-0.25, -0.2) is 4.79 Å². The van der Waals surface area contributed by atoms with Crippen molar-refractivity contribution in [1.82, 2.24) is 0 Å². The fourth-order valence-electron chi connectivity index (χ4n) is 1.73. The van der Waals surface area contributed by atoms with Crippen LogP contribution < -0.4 is 0 Å². The summed E-state index contributed by atoms with van der Waals surface area (Å²) in [5, 5.41) is 9.21. The van der Waals surface area contributed by atoms with Gasteiger partial charge in [-0.15, -0.1) is 11.3 Å². The standard InChI is InChI=1S/C14H8ClF3O2S/c15-12-6-5-11(21-12)9(13(19)20)7-8-3-1-2-4-10(8)14(16,17)18/h1-7H,(H,19,20)/b9-7-. The van der Waals surface area contributed by atoms with Crippen molar-refractivity contribution >= 4 is 40.6 Å². The van der Waals surface area contributed by atoms with Gasteiger partial charge in [-0.3, -0.25) is 0 Å². The van der Waals surface area contributed by atoms with E-state index in [-0.39, 0.29) is 11.1 Å². The highest BCUT2D eigenvalue weighted by Gasteiger charge is 2.32. The van der Waals surface area contributed by atoms with Crippen molar-refractivity contribution in [3.63, 3.8) is 0 Å². The van der Waals surface area contributed by atoms with E-state index in [1.807, 2.05) is 0 Å². The molecular weight excluding hydrogens is 325 g/mol. The minimum Gasteiger partial charge on any atom is -0.478 e. The third-order valence-electron chi connectivity index (χ3n) is 2.64. The van der Waals surface area contributed by atoms with Crippen molar-refractivity contribution in [3.05, 3.63) is 56.7 Å². The lowest BCUT2D eigenvalue weighted by Gasteiger charge is -2.10. The Morgan fingerprint density at radius 1 is 1.19 bits per heavy atom. The Balaban J connectivity index is 2.57. The first-order valence-electron chi connectivity index (χ1n) is 5.66. The number of carboxylic acid groups (broad SMARTS) is 1. The maximum Gasteiger partial charge on any atom is 0.416 e. The maximum absolute atomic E-state index is 12.9. The van der Waals surface area contributed by atoms with Crippen molar-refractivity contribution in [2.24, 2.45) is 0 Å². The smallest absolute Gasteiger partial charge is 0.416 e. The molecule has 0 aliphatic heterocycles. The van der Waals surface area contributed by atoms with Crippen molar-refractivity contribution in [2.75, 3.05) is 0 Å². The Morgan fingerprint density at radius 2 is 1.86 bits per heavy atom. The highest BCUT2D eigenvalue weighted by molar-refractivity contribution is 7.17. The first kappa shape index (κ1) is 15.6. The molecule has 0 aliphatic rings. The summed E-state index contributed by atoms with van der Waals surface area (Å²) in [6, 6.07) is 7.76. The van der Waals surface area contributed by atoms with Gasteiger partial charge in [0.25, 0.3) is 0 Å². The lowest BCUT2D eigenvalue weighted by molar-refractivity contribution is -0.137. The van der Waals surface area contributed by atoms with Gasteiger partial charge in [0.15, 0.2) is 0 Å². The van der Waals surface area contributed by atoms with E-state index in [9.17, 15) is 23.1 Å². The molecule has 2 rings (SSSR count). The summed E-state index contributed by atoms with van der Waals surface area (Å²) < 4.78 is 39.1. The average molecular weight is 333 g/mol. The molecular formula is C14H8ClF3O2S. The number of carboxylic acids is 1. The van der Waals surface area contributed by atoms with Crippen LogP contribution in [0.3, 0.4) is 0 Å². The first-order valence-corrected chi connectivity index (χ1v) is 6.85. The van der Waals surface area contributed by atoms with Crippen LogP contribution in [0.25, 0.3) is 11.6 Å². The molecule has 0 atom stereocenters. The lowest BCUT2D eigenvalue weighted by atomic mass is 10.0. The molecule has 7 heteroatoms. The van der Waals surface area contributed by atoms with Gasteiger partial charge in [0, 0.05) is 4.88 Å². The molecule has 0 spiro atoms. The predicted molar refractivity (Wildman–Crippen MR) is 76.3 cm³/mol. The van der Waals surface area contributed by atoms with E-state index in [1.165, 1.54) is 30.3 Å². The molecule has 0 radical (unpaired) electrons. The number of alkyl halides is 3. The lowest BCUT2D eigenvalue weighted by Crippen LogP contribution is -2.07. The Kier molecular flexibility index (Phi) is 4.39. The number of aliphatic carboxylic acids is 1. The fraction of sp³-hybridized carbons (Fsp3) is 0.0714. The summed E-state index contributed by atoms with van der Waals surface area (Å²) in [5.41, 5.74) is -1.32. The van der Waals surface area contributed by atoms with E-state index in [2.05, 4.69) is 0 Å². The predicted octanol–water partition coefficient (Wildman–Crippen LogP) is 5.05. The summed E-state index contributed by atoms with van der Waals surface area (Å²) in [4.78, 5) is 11.6. The zero-order valence-corrected chi connectivity index (χ0v) is 11.9. The molecule has 0 aliphatic carbocycles. The number of hydrogen-bond acceptors (Lipinski definition) is 2. The molecule has 0 bridgehead atoms. The monoisotopic (exact) mass is 332 g/mol. The quantitative estimate of drug-likeness (QED) is 0.799. The SMILES string of the molecule is O=C(O)/C(=C\c1ccccc1C(F)(F)F)c1ccc(Cl)s1. The highest BCUT2D eigenvalue weighted by atomic mass is 35.5. The fourth-order valence-corrected chi connectivity index (χ4v) is 2.78. The minimum absolute atomic E-state index is 0.202. The van der Waals surface area contributed by atoms with Crippen molar-refractivity contribution < 1.29 is 23.1 Å². The van der Waals surface area contributed by atoms with Gasteiger partial charge < -0.3 is 5.11 Å². The molecule has 0 saturated carbocycles. The second-order valence-corrected chi connectivity index (χ2v) is 5.77. The van der Waals surface area contributed by atoms with Crippen LogP contribution >= 0.6 is 22.9 Å². The molecule has 1 aromatic heterocycles. The summed E-state index contributed by atoms with van der Waals surface area (Å²) >= 11 is 6.73. The third kappa shape index (κ3) is 3.65. The Morgan fingerprint density at radius 3 is 2.38 bits per heavy atom. The van der Waals surface area contributed by atoms with Crippen LogP contribution in [0.2, 0.25) is 4.34 Å². The van der Waals surface area contributed by atoms with Crippen LogP contribution in [-0.4, -0.2) is 11.1 Å². The van der Waals surface area contributed by atoms with Gasteiger partial charge in [-0.05, 0) is 29.8 Å². The number of carbonyl (C=O) groups is 1. The van der Waals surface area contributed by atoms with Gasteiger partial charge in [0.2, 0.25) is 0 Å². The molecule has 0 amide bonds. The Hall–Kier alpha value is -1.79. The van der Waals surface area contributed by atoms with Gasteiger partial charge in [-0.1, -0.05) is 29.8 Å². The topological polar surface area (TPSA) is 37.3 Å².